The van der Waals surface area contributed by atoms with Crippen LogP contribution in [0.3, 0.4) is 0 Å². The standard InChI is InChI=1S/C14H15F3N2/c1-4-18-11-6-10(7(2)3)19-14-12(11)8(15)5-9(16)13(14)17/h5-7H,4H2,1-3H3,(H,18,19). The third-order valence-corrected chi connectivity index (χ3v) is 2.91. The molecule has 0 fully saturated rings. The minimum atomic E-state index is -1.22. The molecule has 0 atom stereocenters. The molecule has 0 aliphatic carbocycles. The Kier molecular flexibility index (Phi) is 3.64. The monoisotopic (exact) mass is 268 g/mol. The first kappa shape index (κ1) is 13.6. The lowest BCUT2D eigenvalue weighted by molar-refractivity contribution is 0.503. The first-order chi connectivity index (χ1) is 8.95. The van der Waals surface area contributed by atoms with Crippen LogP contribution >= 0.6 is 0 Å². The second-order valence-corrected chi connectivity index (χ2v) is 4.66. The fourth-order valence-electron chi connectivity index (χ4n) is 1.95. The minimum absolute atomic E-state index is 0.00912. The van der Waals surface area contributed by atoms with Gasteiger partial charge >= 0.3 is 0 Å². The van der Waals surface area contributed by atoms with Gasteiger partial charge in [-0.2, -0.15) is 0 Å². The van der Waals surface area contributed by atoms with Gasteiger partial charge in [-0.15, -0.1) is 0 Å². The summed E-state index contributed by atoms with van der Waals surface area (Å²) in [4.78, 5) is 4.04. The van der Waals surface area contributed by atoms with Gasteiger partial charge in [0.1, 0.15) is 11.3 Å². The van der Waals surface area contributed by atoms with E-state index in [-0.39, 0.29) is 16.8 Å². The van der Waals surface area contributed by atoms with E-state index in [1.165, 1.54) is 0 Å². The molecule has 2 nitrogen and oxygen atoms in total. The van der Waals surface area contributed by atoms with E-state index in [4.69, 9.17) is 0 Å². The normalized spacial score (nSPS) is 11.3. The van der Waals surface area contributed by atoms with Crippen LogP contribution in [0, 0.1) is 17.5 Å². The molecule has 5 heteroatoms. The van der Waals surface area contributed by atoms with E-state index in [0.29, 0.717) is 24.0 Å². The van der Waals surface area contributed by atoms with Crippen molar-refractivity contribution in [2.24, 2.45) is 0 Å². The summed E-state index contributed by atoms with van der Waals surface area (Å²) in [6.07, 6.45) is 0. The number of halogens is 3. The molecule has 1 aromatic heterocycles. The summed E-state index contributed by atoms with van der Waals surface area (Å²) in [5, 5.41) is 2.96. The van der Waals surface area contributed by atoms with Gasteiger partial charge in [0.05, 0.1) is 5.39 Å². The van der Waals surface area contributed by atoms with Crippen molar-refractivity contribution < 1.29 is 13.2 Å². The maximum atomic E-state index is 13.9. The van der Waals surface area contributed by atoms with E-state index in [9.17, 15) is 13.2 Å². The zero-order valence-electron chi connectivity index (χ0n) is 11.0. The van der Waals surface area contributed by atoms with Crippen LogP contribution in [0.4, 0.5) is 18.9 Å². The van der Waals surface area contributed by atoms with Gasteiger partial charge in [-0.1, -0.05) is 13.8 Å². The lowest BCUT2D eigenvalue weighted by Gasteiger charge is -2.13. The molecule has 0 saturated carbocycles. The molecule has 1 aromatic carbocycles. The van der Waals surface area contributed by atoms with E-state index >= 15 is 0 Å². The van der Waals surface area contributed by atoms with Gasteiger partial charge in [-0.05, 0) is 18.9 Å². The van der Waals surface area contributed by atoms with Crippen molar-refractivity contribution in [3.8, 4) is 0 Å². The van der Waals surface area contributed by atoms with Gasteiger partial charge in [0.15, 0.2) is 11.6 Å². The second kappa shape index (κ2) is 5.07. The number of rotatable bonds is 3. The molecule has 19 heavy (non-hydrogen) atoms. The summed E-state index contributed by atoms with van der Waals surface area (Å²) in [6.45, 7) is 6.17. The largest absolute Gasteiger partial charge is 0.385 e. The van der Waals surface area contributed by atoms with Gasteiger partial charge in [0, 0.05) is 24.0 Å². The van der Waals surface area contributed by atoms with E-state index in [0.717, 1.165) is 0 Å². The second-order valence-electron chi connectivity index (χ2n) is 4.66. The zero-order chi connectivity index (χ0) is 14.2. The van der Waals surface area contributed by atoms with Crippen LogP contribution in [-0.4, -0.2) is 11.5 Å². The topological polar surface area (TPSA) is 24.9 Å². The molecule has 0 aliphatic heterocycles. The molecule has 1 heterocycles. The van der Waals surface area contributed by atoms with Crippen molar-refractivity contribution in [2.75, 3.05) is 11.9 Å². The number of hydrogen-bond donors (Lipinski definition) is 1. The molecular formula is C14H15F3N2. The Morgan fingerprint density at radius 2 is 1.84 bits per heavy atom. The number of fused-ring (bicyclic) bond motifs is 1. The number of aromatic nitrogens is 1. The number of benzene rings is 1. The minimum Gasteiger partial charge on any atom is -0.385 e. The van der Waals surface area contributed by atoms with Crippen molar-refractivity contribution in [1.29, 1.82) is 0 Å². The van der Waals surface area contributed by atoms with Crippen LogP contribution in [0.2, 0.25) is 0 Å². The molecule has 0 aliphatic rings. The highest BCUT2D eigenvalue weighted by Crippen LogP contribution is 2.31. The summed E-state index contributed by atoms with van der Waals surface area (Å²) in [5.74, 6) is -3.11. The SMILES string of the molecule is CCNc1cc(C(C)C)nc2c(F)c(F)cc(F)c12. The van der Waals surface area contributed by atoms with Crippen molar-refractivity contribution >= 4 is 16.6 Å². The molecule has 2 aromatic rings. The third kappa shape index (κ3) is 2.37. The zero-order valence-corrected chi connectivity index (χ0v) is 11.0. The molecule has 1 N–H and O–H groups in total. The van der Waals surface area contributed by atoms with Crippen molar-refractivity contribution in [2.45, 2.75) is 26.7 Å². The molecule has 0 saturated heterocycles. The fourth-order valence-corrected chi connectivity index (χ4v) is 1.95. The lowest BCUT2D eigenvalue weighted by atomic mass is 10.1. The summed E-state index contributed by atoms with van der Waals surface area (Å²) < 4.78 is 41.0. The quantitative estimate of drug-likeness (QED) is 0.843. The third-order valence-electron chi connectivity index (χ3n) is 2.91. The molecule has 0 unspecified atom stereocenters. The Labute approximate surface area is 109 Å². The van der Waals surface area contributed by atoms with Gasteiger partial charge in [-0.3, -0.25) is 0 Å². The van der Waals surface area contributed by atoms with E-state index in [1.807, 2.05) is 20.8 Å². The Morgan fingerprint density at radius 1 is 1.16 bits per heavy atom. The van der Waals surface area contributed by atoms with Crippen molar-refractivity contribution in [3.63, 3.8) is 0 Å². The van der Waals surface area contributed by atoms with Gasteiger partial charge < -0.3 is 5.32 Å². The predicted molar refractivity (Wildman–Crippen MR) is 69.9 cm³/mol. The highest BCUT2D eigenvalue weighted by Gasteiger charge is 2.18. The molecule has 2 rings (SSSR count). The molecular weight excluding hydrogens is 253 g/mol. The first-order valence-electron chi connectivity index (χ1n) is 6.17. The molecule has 102 valence electrons. The van der Waals surface area contributed by atoms with Gasteiger partial charge in [-0.25, -0.2) is 18.2 Å². The maximum absolute atomic E-state index is 13.9. The van der Waals surface area contributed by atoms with E-state index < -0.39 is 17.5 Å². The maximum Gasteiger partial charge on any atom is 0.185 e. The number of nitrogens with one attached hydrogen (secondary N) is 1. The predicted octanol–water partition coefficient (Wildman–Crippen LogP) is 4.21. The summed E-state index contributed by atoms with van der Waals surface area (Å²) in [5.41, 5.74) is 0.764. The Morgan fingerprint density at radius 3 is 2.42 bits per heavy atom. The smallest absolute Gasteiger partial charge is 0.185 e. The van der Waals surface area contributed by atoms with Crippen LogP contribution in [0.15, 0.2) is 12.1 Å². The summed E-state index contributed by atoms with van der Waals surface area (Å²) in [6, 6.07) is 2.23. The number of hydrogen-bond acceptors (Lipinski definition) is 2. The fraction of sp³-hybridized carbons (Fsp3) is 0.357. The van der Waals surface area contributed by atoms with Crippen molar-refractivity contribution in [3.05, 3.63) is 35.3 Å². The van der Waals surface area contributed by atoms with Crippen LogP contribution in [0.25, 0.3) is 10.9 Å². The van der Waals surface area contributed by atoms with Crippen LogP contribution in [0.5, 0.6) is 0 Å². The molecule has 0 bridgehead atoms. The van der Waals surface area contributed by atoms with Gasteiger partial charge in [0.2, 0.25) is 0 Å². The average molecular weight is 268 g/mol. The van der Waals surface area contributed by atoms with Crippen LogP contribution < -0.4 is 5.32 Å². The highest BCUT2D eigenvalue weighted by molar-refractivity contribution is 5.92. The summed E-state index contributed by atoms with van der Waals surface area (Å²) in [7, 11) is 0. The molecule has 0 amide bonds. The van der Waals surface area contributed by atoms with E-state index in [2.05, 4.69) is 10.3 Å². The van der Waals surface area contributed by atoms with E-state index in [1.54, 1.807) is 6.07 Å². The Bertz CT molecular complexity index is 624. The Balaban J connectivity index is 2.86. The van der Waals surface area contributed by atoms with Crippen LogP contribution in [0.1, 0.15) is 32.4 Å². The first-order valence-corrected chi connectivity index (χ1v) is 6.17. The van der Waals surface area contributed by atoms with Crippen LogP contribution in [-0.2, 0) is 0 Å². The molecule has 0 spiro atoms. The highest BCUT2D eigenvalue weighted by atomic mass is 19.2. The number of pyridine rings is 1. The summed E-state index contributed by atoms with van der Waals surface area (Å²) >= 11 is 0. The van der Waals surface area contributed by atoms with Gasteiger partial charge in [0.25, 0.3) is 0 Å². The Hall–Kier alpha value is -1.78. The number of nitrogens with zero attached hydrogens (tertiary/aromatic N) is 1. The average Bonchev–Trinajstić information content (AvgIpc) is 2.35. The van der Waals surface area contributed by atoms with Crippen molar-refractivity contribution in [1.82, 2.24) is 4.98 Å². The molecule has 0 radical (unpaired) electrons. The number of anilines is 1. The lowest BCUT2D eigenvalue weighted by Crippen LogP contribution is -2.05.